The molecule has 3 aromatic carbocycles. The Labute approximate surface area is 223 Å². The average Bonchev–Trinajstić information content (AvgIpc) is 2.92. The van der Waals surface area contributed by atoms with Gasteiger partial charge < -0.3 is 10.6 Å². The minimum atomic E-state index is -0.311. The normalized spacial score (nSPS) is 10.9. The molecule has 0 aliphatic carbocycles. The number of nitrogens with one attached hydrogen (secondary N) is 2. The Kier molecular flexibility index (Phi) is 7.68. The number of aromatic nitrogens is 1. The van der Waals surface area contributed by atoms with Crippen LogP contribution in [0.2, 0.25) is 0 Å². The van der Waals surface area contributed by atoms with Gasteiger partial charge in [-0.3, -0.25) is 14.6 Å². The molecule has 0 aliphatic rings. The van der Waals surface area contributed by atoms with Crippen LogP contribution in [-0.2, 0) is 12.0 Å². The van der Waals surface area contributed by atoms with Crippen LogP contribution in [0.1, 0.15) is 63.9 Å². The third-order valence-electron chi connectivity index (χ3n) is 6.29. The lowest BCUT2D eigenvalue weighted by atomic mass is 9.85. The van der Waals surface area contributed by atoms with E-state index < -0.39 is 0 Å². The van der Waals surface area contributed by atoms with E-state index in [1.165, 1.54) is 0 Å². The summed E-state index contributed by atoms with van der Waals surface area (Å²) in [5.74, 6) is -0.458. The van der Waals surface area contributed by atoms with Crippen molar-refractivity contribution in [3.8, 4) is 17.2 Å². The first-order chi connectivity index (χ1) is 18.1. The van der Waals surface area contributed by atoms with Gasteiger partial charge in [0.2, 0.25) is 0 Å². The number of carbonyl (C=O) groups excluding carboxylic acids is 2. The summed E-state index contributed by atoms with van der Waals surface area (Å²) in [4.78, 5) is 30.1. The summed E-state index contributed by atoms with van der Waals surface area (Å²) in [5, 5.41) is 15.3. The van der Waals surface area contributed by atoms with Gasteiger partial charge in [-0.05, 0) is 65.4 Å². The van der Waals surface area contributed by atoms with Gasteiger partial charge in [0.1, 0.15) is 0 Å². The molecular weight excluding hydrogens is 472 g/mol. The zero-order valence-electron chi connectivity index (χ0n) is 22.0. The number of nitriles is 1. The Hall–Kier alpha value is -4.76. The fourth-order valence-corrected chi connectivity index (χ4v) is 4.03. The van der Waals surface area contributed by atoms with Crippen molar-refractivity contribution in [1.29, 1.82) is 5.26 Å². The van der Waals surface area contributed by atoms with Crippen molar-refractivity contribution < 1.29 is 9.59 Å². The highest BCUT2D eigenvalue weighted by Gasteiger charge is 2.18. The van der Waals surface area contributed by atoms with Crippen LogP contribution >= 0.6 is 0 Å². The minimum absolute atomic E-state index is 0.148. The molecule has 190 valence electrons. The zero-order valence-corrected chi connectivity index (χ0v) is 22.0. The lowest BCUT2D eigenvalue weighted by Crippen LogP contribution is -2.22. The van der Waals surface area contributed by atoms with Gasteiger partial charge in [0, 0.05) is 28.9 Å². The van der Waals surface area contributed by atoms with E-state index in [-0.39, 0.29) is 17.2 Å². The molecule has 0 fully saturated rings. The van der Waals surface area contributed by atoms with Crippen LogP contribution in [0, 0.1) is 18.3 Å². The number of aryl methyl sites for hydroxylation is 1. The topological polar surface area (TPSA) is 94.9 Å². The van der Waals surface area contributed by atoms with Crippen molar-refractivity contribution in [1.82, 2.24) is 10.3 Å². The summed E-state index contributed by atoms with van der Waals surface area (Å²) in [7, 11) is 0. The van der Waals surface area contributed by atoms with Crippen LogP contribution in [-0.4, -0.2) is 16.8 Å². The molecule has 38 heavy (non-hydrogen) atoms. The quantitative estimate of drug-likeness (QED) is 0.319. The molecule has 0 bridgehead atoms. The third-order valence-corrected chi connectivity index (χ3v) is 6.29. The van der Waals surface area contributed by atoms with E-state index in [4.69, 9.17) is 0 Å². The fourth-order valence-electron chi connectivity index (χ4n) is 4.03. The number of amides is 2. The molecule has 0 aliphatic heterocycles. The zero-order chi connectivity index (χ0) is 27.3. The first-order valence-electron chi connectivity index (χ1n) is 12.4. The Balaban J connectivity index is 1.51. The second-order valence-corrected chi connectivity index (χ2v) is 10.2. The summed E-state index contributed by atoms with van der Waals surface area (Å²) >= 11 is 0. The number of anilines is 1. The minimum Gasteiger partial charge on any atom is -0.348 e. The van der Waals surface area contributed by atoms with Crippen LogP contribution in [0.4, 0.5) is 5.69 Å². The Morgan fingerprint density at radius 2 is 1.61 bits per heavy atom. The highest BCUT2D eigenvalue weighted by Crippen LogP contribution is 2.27. The van der Waals surface area contributed by atoms with Crippen molar-refractivity contribution in [2.24, 2.45) is 0 Å². The molecule has 6 heteroatoms. The number of rotatable bonds is 6. The maximum atomic E-state index is 13.1. The van der Waals surface area contributed by atoms with Crippen molar-refractivity contribution in [3.63, 3.8) is 0 Å². The van der Waals surface area contributed by atoms with Crippen molar-refractivity contribution >= 4 is 17.5 Å². The summed E-state index contributed by atoms with van der Waals surface area (Å²) in [5.41, 5.74) is 6.24. The molecule has 1 aromatic heterocycles. The van der Waals surface area contributed by atoms with E-state index in [2.05, 4.69) is 21.7 Å². The summed E-state index contributed by atoms with van der Waals surface area (Å²) in [6.07, 6.45) is 1.61. The van der Waals surface area contributed by atoms with Gasteiger partial charge in [0.15, 0.2) is 0 Å². The number of carbonyl (C=O) groups is 2. The second kappa shape index (κ2) is 11.1. The number of hydrogen-bond acceptors (Lipinski definition) is 4. The van der Waals surface area contributed by atoms with Crippen molar-refractivity contribution in [2.75, 3.05) is 5.32 Å². The Morgan fingerprint density at radius 3 is 2.26 bits per heavy atom. The van der Waals surface area contributed by atoms with Gasteiger partial charge in [0.05, 0.1) is 23.5 Å². The van der Waals surface area contributed by atoms with Gasteiger partial charge in [0.25, 0.3) is 11.8 Å². The third kappa shape index (κ3) is 6.32. The lowest BCUT2D eigenvalue weighted by Gasteiger charge is -2.20. The van der Waals surface area contributed by atoms with E-state index in [1.807, 2.05) is 88.4 Å². The SMILES string of the molecule is Cc1ncc(NC(=O)c2cc(C#N)cc(C(C)(C)C)c2)cc1-c1ccc(C(=O)NCc2ccccc2)cc1. The van der Waals surface area contributed by atoms with Crippen LogP contribution in [0.25, 0.3) is 11.1 Å². The predicted molar refractivity (Wildman–Crippen MR) is 150 cm³/mol. The monoisotopic (exact) mass is 502 g/mol. The van der Waals surface area contributed by atoms with E-state index in [1.54, 1.807) is 24.4 Å². The molecule has 2 amide bonds. The van der Waals surface area contributed by atoms with Crippen molar-refractivity contribution in [3.05, 3.63) is 119 Å². The number of pyridine rings is 1. The average molecular weight is 503 g/mol. The summed E-state index contributed by atoms with van der Waals surface area (Å²) in [6, 6.07) is 26.3. The molecule has 4 aromatic rings. The molecule has 0 saturated carbocycles. The largest absolute Gasteiger partial charge is 0.348 e. The number of hydrogen-bond donors (Lipinski definition) is 2. The van der Waals surface area contributed by atoms with Crippen LogP contribution in [0.5, 0.6) is 0 Å². The van der Waals surface area contributed by atoms with Crippen LogP contribution in [0.15, 0.2) is 85.1 Å². The fraction of sp³-hybridized carbons (Fsp3) is 0.188. The van der Waals surface area contributed by atoms with Gasteiger partial charge in [-0.1, -0.05) is 63.2 Å². The predicted octanol–water partition coefficient (Wildman–Crippen LogP) is 6.41. The Morgan fingerprint density at radius 1 is 0.895 bits per heavy atom. The summed E-state index contributed by atoms with van der Waals surface area (Å²) in [6.45, 7) is 8.48. The van der Waals surface area contributed by atoms with Gasteiger partial charge >= 0.3 is 0 Å². The van der Waals surface area contributed by atoms with Crippen LogP contribution < -0.4 is 10.6 Å². The van der Waals surface area contributed by atoms with Gasteiger partial charge in [-0.2, -0.15) is 5.26 Å². The summed E-state index contributed by atoms with van der Waals surface area (Å²) < 4.78 is 0. The van der Waals surface area contributed by atoms with Gasteiger partial charge in [-0.25, -0.2) is 0 Å². The molecule has 4 rings (SSSR count). The highest BCUT2D eigenvalue weighted by molar-refractivity contribution is 6.05. The second-order valence-electron chi connectivity index (χ2n) is 10.2. The smallest absolute Gasteiger partial charge is 0.255 e. The van der Waals surface area contributed by atoms with E-state index in [0.29, 0.717) is 28.9 Å². The first kappa shape index (κ1) is 26.3. The Bertz CT molecular complexity index is 1510. The molecule has 1 heterocycles. The lowest BCUT2D eigenvalue weighted by molar-refractivity contribution is 0.0950. The maximum absolute atomic E-state index is 13.1. The standard InChI is InChI=1S/C32H30N4O2/c1-21-29(24-10-12-25(13-11-24)30(37)35-19-22-8-6-5-7-9-22)17-28(20-34-21)36-31(38)26-14-23(18-33)15-27(16-26)32(2,3)4/h5-17,20H,19H2,1-4H3,(H,35,37)(H,36,38). The molecule has 0 radical (unpaired) electrons. The molecule has 2 N–H and O–H groups in total. The molecule has 0 saturated heterocycles. The van der Waals surface area contributed by atoms with E-state index >= 15 is 0 Å². The van der Waals surface area contributed by atoms with E-state index in [9.17, 15) is 14.9 Å². The van der Waals surface area contributed by atoms with Crippen molar-refractivity contribution in [2.45, 2.75) is 39.7 Å². The molecule has 0 spiro atoms. The molecule has 0 unspecified atom stereocenters. The molecule has 6 nitrogen and oxygen atoms in total. The molecular formula is C32H30N4O2. The van der Waals surface area contributed by atoms with Crippen LogP contribution in [0.3, 0.4) is 0 Å². The highest BCUT2D eigenvalue weighted by atomic mass is 16.2. The van der Waals surface area contributed by atoms with E-state index in [0.717, 1.165) is 27.9 Å². The first-order valence-corrected chi connectivity index (χ1v) is 12.4. The number of nitrogens with zero attached hydrogens (tertiary/aromatic N) is 2. The van der Waals surface area contributed by atoms with Gasteiger partial charge in [-0.15, -0.1) is 0 Å². The maximum Gasteiger partial charge on any atom is 0.255 e. The number of benzene rings is 3. The molecule has 0 atom stereocenters.